The Morgan fingerprint density at radius 2 is 1.76 bits per heavy atom. The minimum atomic E-state index is -0.586. The Kier molecular flexibility index (Phi) is 4.79. The van der Waals surface area contributed by atoms with Gasteiger partial charge in [0.05, 0.1) is 0 Å². The highest BCUT2D eigenvalue weighted by atomic mass is 19.1. The number of carbonyl (C=O) groups is 2. The van der Waals surface area contributed by atoms with Crippen LogP contribution in [0.1, 0.15) is 40.2 Å². The number of halogens is 2. The van der Waals surface area contributed by atoms with Crippen LogP contribution in [0.25, 0.3) is 0 Å². The van der Waals surface area contributed by atoms with Crippen LogP contribution < -0.4 is 11.1 Å². The molecule has 1 fully saturated rings. The summed E-state index contributed by atoms with van der Waals surface area (Å²) in [6.45, 7) is 0. The van der Waals surface area contributed by atoms with E-state index >= 15 is 0 Å². The van der Waals surface area contributed by atoms with E-state index in [2.05, 4.69) is 5.32 Å². The van der Waals surface area contributed by atoms with Crippen molar-refractivity contribution in [2.45, 2.75) is 31.2 Å². The van der Waals surface area contributed by atoms with Crippen LogP contribution in [-0.4, -0.2) is 17.9 Å². The lowest BCUT2D eigenvalue weighted by Crippen LogP contribution is -2.27. The SMILES string of the molecule is NC(=O)c1ccccc1CCC(=O)N[C@@H]1C[C@H]1c1c(F)cccc1F. The third-order valence-electron chi connectivity index (χ3n) is 4.41. The van der Waals surface area contributed by atoms with Crippen LogP contribution in [0, 0.1) is 11.6 Å². The summed E-state index contributed by atoms with van der Waals surface area (Å²) in [5, 5.41) is 2.79. The van der Waals surface area contributed by atoms with E-state index in [0.717, 1.165) is 0 Å². The molecule has 0 heterocycles. The van der Waals surface area contributed by atoms with Crippen LogP contribution in [0.4, 0.5) is 8.78 Å². The normalized spacial score (nSPS) is 18.6. The van der Waals surface area contributed by atoms with Gasteiger partial charge in [-0.2, -0.15) is 0 Å². The fourth-order valence-corrected chi connectivity index (χ4v) is 3.04. The lowest BCUT2D eigenvalue weighted by molar-refractivity contribution is -0.121. The van der Waals surface area contributed by atoms with E-state index in [4.69, 9.17) is 5.73 Å². The first kappa shape index (κ1) is 17.1. The second-order valence-corrected chi connectivity index (χ2v) is 6.17. The molecule has 0 spiro atoms. The average molecular weight is 344 g/mol. The molecule has 3 rings (SSSR count). The summed E-state index contributed by atoms with van der Waals surface area (Å²) < 4.78 is 27.5. The molecule has 2 aromatic rings. The Bertz CT molecular complexity index is 803. The number of carbonyl (C=O) groups excluding carboxylic acids is 2. The number of rotatable bonds is 6. The highest BCUT2D eigenvalue weighted by Crippen LogP contribution is 2.43. The first-order valence-corrected chi connectivity index (χ1v) is 8.08. The molecule has 2 amide bonds. The Morgan fingerprint density at radius 3 is 2.44 bits per heavy atom. The number of aryl methyl sites for hydroxylation is 1. The summed E-state index contributed by atoms with van der Waals surface area (Å²) in [6, 6.07) is 10.4. The molecule has 130 valence electrons. The molecule has 2 aromatic carbocycles. The van der Waals surface area contributed by atoms with Gasteiger partial charge in [-0.3, -0.25) is 9.59 Å². The van der Waals surface area contributed by atoms with Gasteiger partial charge in [-0.25, -0.2) is 8.78 Å². The largest absolute Gasteiger partial charge is 0.366 e. The zero-order valence-electron chi connectivity index (χ0n) is 13.5. The predicted octanol–water partition coefficient (Wildman–Crippen LogP) is 2.67. The maximum Gasteiger partial charge on any atom is 0.248 e. The van der Waals surface area contributed by atoms with E-state index in [1.807, 2.05) is 0 Å². The van der Waals surface area contributed by atoms with Crippen molar-refractivity contribution >= 4 is 11.8 Å². The van der Waals surface area contributed by atoms with Gasteiger partial charge in [0.1, 0.15) is 11.6 Å². The van der Waals surface area contributed by atoms with Gasteiger partial charge in [-0.1, -0.05) is 24.3 Å². The fourth-order valence-electron chi connectivity index (χ4n) is 3.04. The Labute approximate surface area is 144 Å². The van der Waals surface area contributed by atoms with Gasteiger partial charge >= 0.3 is 0 Å². The molecule has 1 aliphatic carbocycles. The Morgan fingerprint density at radius 1 is 1.08 bits per heavy atom. The van der Waals surface area contributed by atoms with Crippen molar-refractivity contribution < 1.29 is 18.4 Å². The zero-order valence-corrected chi connectivity index (χ0v) is 13.5. The van der Waals surface area contributed by atoms with Crippen LogP contribution in [0.2, 0.25) is 0 Å². The highest BCUT2D eigenvalue weighted by Gasteiger charge is 2.42. The highest BCUT2D eigenvalue weighted by molar-refractivity contribution is 5.94. The topological polar surface area (TPSA) is 72.2 Å². The van der Waals surface area contributed by atoms with Gasteiger partial charge in [0.15, 0.2) is 0 Å². The molecule has 1 aliphatic rings. The van der Waals surface area contributed by atoms with E-state index in [-0.39, 0.29) is 29.9 Å². The van der Waals surface area contributed by atoms with Crippen LogP contribution in [0.15, 0.2) is 42.5 Å². The number of benzene rings is 2. The van der Waals surface area contributed by atoms with Crippen molar-refractivity contribution in [2.75, 3.05) is 0 Å². The summed E-state index contributed by atoms with van der Waals surface area (Å²) in [4.78, 5) is 23.4. The number of hydrogen-bond acceptors (Lipinski definition) is 2. The van der Waals surface area contributed by atoms with Gasteiger partial charge in [0, 0.05) is 29.5 Å². The van der Waals surface area contributed by atoms with Crippen LogP contribution in [-0.2, 0) is 11.2 Å². The molecule has 0 aromatic heterocycles. The van der Waals surface area contributed by atoms with Crippen LogP contribution in [0.5, 0.6) is 0 Å². The molecule has 0 radical (unpaired) electrons. The molecule has 0 aliphatic heterocycles. The summed E-state index contributed by atoms with van der Waals surface area (Å²) in [6.07, 6.45) is 1.06. The monoisotopic (exact) mass is 344 g/mol. The van der Waals surface area contributed by atoms with Crippen molar-refractivity contribution in [1.82, 2.24) is 5.32 Å². The fraction of sp³-hybridized carbons (Fsp3) is 0.263. The minimum absolute atomic E-state index is 0.0341. The molecule has 25 heavy (non-hydrogen) atoms. The number of nitrogens with two attached hydrogens (primary N) is 1. The molecule has 1 saturated carbocycles. The quantitative estimate of drug-likeness (QED) is 0.846. The van der Waals surface area contributed by atoms with E-state index in [1.165, 1.54) is 18.2 Å². The minimum Gasteiger partial charge on any atom is -0.366 e. The molecule has 0 saturated heterocycles. The molecule has 4 nitrogen and oxygen atoms in total. The van der Waals surface area contributed by atoms with Gasteiger partial charge in [-0.05, 0) is 36.6 Å². The van der Waals surface area contributed by atoms with Gasteiger partial charge in [0.2, 0.25) is 11.8 Å². The number of amides is 2. The van der Waals surface area contributed by atoms with Crippen molar-refractivity contribution in [3.63, 3.8) is 0 Å². The smallest absolute Gasteiger partial charge is 0.248 e. The van der Waals surface area contributed by atoms with E-state index in [0.29, 0.717) is 24.0 Å². The maximum absolute atomic E-state index is 13.7. The third-order valence-corrected chi connectivity index (χ3v) is 4.41. The molecule has 2 atom stereocenters. The molecular weight excluding hydrogens is 326 g/mol. The van der Waals surface area contributed by atoms with Crippen molar-refractivity contribution in [1.29, 1.82) is 0 Å². The van der Waals surface area contributed by atoms with Crippen molar-refractivity contribution in [3.8, 4) is 0 Å². The van der Waals surface area contributed by atoms with Crippen LogP contribution >= 0.6 is 0 Å². The first-order valence-electron chi connectivity index (χ1n) is 8.08. The molecular formula is C19H18F2N2O2. The van der Waals surface area contributed by atoms with Gasteiger partial charge in [0.25, 0.3) is 0 Å². The predicted molar refractivity (Wildman–Crippen MR) is 88.9 cm³/mol. The van der Waals surface area contributed by atoms with E-state index in [1.54, 1.807) is 24.3 Å². The van der Waals surface area contributed by atoms with E-state index < -0.39 is 17.5 Å². The van der Waals surface area contributed by atoms with Gasteiger partial charge < -0.3 is 11.1 Å². The second-order valence-electron chi connectivity index (χ2n) is 6.17. The summed E-state index contributed by atoms with van der Waals surface area (Å²) >= 11 is 0. The Balaban J connectivity index is 1.56. The molecule has 3 N–H and O–H groups in total. The standard InChI is InChI=1S/C19H18F2N2O2/c20-14-6-3-7-15(21)18(14)13-10-16(13)23-17(24)9-8-11-4-1-2-5-12(11)19(22)25/h1-7,13,16H,8-10H2,(H2,22,25)(H,23,24)/t13-,16-/m1/s1. The van der Waals surface area contributed by atoms with Crippen LogP contribution in [0.3, 0.4) is 0 Å². The van der Waals surface area contributed by atoms with Crippen molar-refractivity contribution in [2.24, 2.45) is 5.73 Å². The Hall–Kier alpha value is -2.76. The maximum atomic E-state index is 13.7. The van der Waals surface area contributed by atoms with Gasteiger partial charge in [-0.15, -0.1) is 0 Å². The van der Waals surface area contributed by atoms with E-state index in [9.17, 15) is 18.4 Å². The lowest BCUT2D eigenvalue weighted by Gasteiger charge is -2.08. The zero-order chi connectivity index (χ0) is 18.0. The average Bonchev–Trinajstić information content (AvgIpc) is 3.31. The lowest BCUT2D eigenvalue weighted by atomic mass is 10.0. The molecule has 0 unspecified atom stereocenters. The number of primary amides is 1. The van der Waals surface area contributed by atoms with Crippen molar-refractivity contribution in [3.05, 3.63) is 70.8 Å². The number of hydrogen-bond donors (Lipinski definition) is 2. The summed E-state index contributed by atoms with van der Waals surface area (Å²) in [7, 11) is 0. The molecule has 6 heteroatoms. The second kappa shape index (κ2) is 7.01. The summed E-state index contributed by atoms with van der Waals surface area (Å²) in [5.41, 5.74) is 6.45. The number of nitrogens with one attached hydrogen (secondary N) is 1. The third kappa shape index (κ3) is 3.84. The first-order chi connectivity index (χ1) is 12.0. The molecule has 0 bridgehead atoms. The summed E-state index contributed by atoms with van der Waals surface area (Å²) in [5.74, 6) is -2.26.